The topological polar surface area (TPSA) is 79.6 Å². The van der Waals surface area contributed by atoms with Crippen molar-refractivity contribution in [2.24, 2.45) is 0 Å². The fourth-order valence-corrected chi connectivity index (χ4v) is 2.61. The summed E-state index contributed by atoms with van der Waals surface area (Å²) in [4.78, 5) is 38.1. The van der Waals surface area contributed by atoms with Crippen LogP contribution >= 0.6 is 12.2 Å². The van der Waals surface area contributed by atoms with Crippen molar-refractivity contribution in [2.75, 3.05) is 6.54 Å². The highest BCUT2D eigenvalue weighted by atomic mass is 32.1. The number of benzene rings is 1. The Morgan fingerprint density at radius 3 is 2.80 bits per heavy atom. The van der Waals surface area contributed by atoms with Gasteiger partial charge in [0.05, 0.1) is 10.9 Å². The van der Waals surface area contributed by atoms with Crippen LogP contribution in [0.2, 0.25) is 0 Å². The van der Waals surface area contributed by atoms with E-state index < -0.39 is 23.1 Å². The second-order valence-electron chi connectivity index (χ2n) is 5.18. The summed E-state index contributed by atoms with van der Waals surface area (Å²) in [5.74, 6) is -1.99. The van der Waals surface area contributed by atoms with Gasteiger partial charge in [-0.15, -0.1) is 6.58 Å². The van der Waals surface area contributed by atoms with E-state index in [1.807, 2.05) is 0 Å². The van der Waals surface area contributed by atoms with Crippen LogP contribution in [0.4, 0.5) is 4.39 Å². The SMILES string of the molecule is C=CCN1C(=O)C(=Cc2coc3ccc(F)cc3c2=O)C(=O)NC1=S. The highest BCUT2D eigenvalue weighted by molar-refractivity contribution is 7.80. The molecular formula is C17H11FN2O4S. The average Bonchev–Trinajstić information content (AvgIpc) is 2.57. The third kappa shape index (κ3) is 2.99. The first-order valence-electron chi connectivity index (χ1n) is 7.13. The van der Waals surface area contributed by atoms with Crippen molar-refractivity contribution in [1.82, 2.24) is 10.2 Å². The van der Waals surface area contributed by atoms with Gasteiger partial charge in [-0.1, -0.05) is 6.08 Å². The molecule has 25 heavy (non-hydrogen) atoms. The van der Waals surface area contributed by atoms with Crippen LogP contribution in [-0.4, -0.2) is 28.4 Å². The maximum atomic E-state index is 13.4. The molecule has 2 aromatic rings. The van der Waals surface area contributed by atoms with Gasteiger partial charge in [-0.3, -0.25) is 24.6 Å². The molecule has 1 aromatic carbocycles. The number of hydrogen-bond donors (Lipinski definition) is 1. The molecule has 3 rings (SSSR count). The molecule has 0 bridgehead atoms. The molecule has 2 amide bonds. The Balaban J connectivity index is 2.11. The van der Waals surface area contributed by atoms with Gasteiger partial charge < -0.3 is 4.42 Å². The molecule has 8 heteroatoms. The summed E-state index contributed by atoms with van der Waals surface area (Å²) in [6.45, 7) is 3.63. The fourth-order valence-electron chi connectivity index (χ4n) is 2.36. The minimum absolute atomic E-state index is 0.0106. The van der Waals surface area contributed by atoms with E-state index >= 15 is 0 Å². The van der Waals surface area contributed by atoms with E-state index in [0.717, 1.165) is 29.4 Å². The number of carbonyl (C=O) groups excluding carboxylic acids is 2. The van der Waals surface area contributed by atoms with Gasteiger partial charge in [0, 0.05) is 6.54 Å². The second-order valence-corrected chi connectivity index (χ2v) is 5.57. The highest BCUT2D eigenvalue weighted by Crippen LogP contribution is 2.17. The third-order valence-corrected chi connectivity index (χ3v) is 3.88. The number of fused-ring (bicyclic) bond motifs is 1. The summed E-state index contributed by atoms with van der Waals surface area (Å²) in [5, 5.41) is 2.34. The fraction of sp³-hybridized carbons (Fsp3) is 0.0588. The first kappa shape index (κ1) is 16.7. The van der Waals surface area contributed by atoms with Crippen molar-refractivity contribution in [3.8, 4) is 0 Å². The van der Waals surface area contributed by atoms with Gasteiger partial charge in [0.2, 0.25) is 0 Å². The van der Waals surface area contributed by atoms with Crippen molar-refractivity contribution >= 4 is 46.2 Å². The average molecular weight is 358 g/mol. The van der Waals surface area contributed by atoms with Crippen molar-refractivity contribution < 1.29 is 18.4 Å². The Kier molecular flexibility index (Phi) is 4.28. The Morgan fingerprint density at radius 2 is 2.08 bits per heavy atom. The van der Waals surface area contributed by atoms with E-state index in [9.17, 15) is 18.8 Å². The van der Waals surface area contributed by atoms with Crippen molar-refractivity contribution in [2.45, 2.75) is 0 Å². The third-order valence-electron chi connectivity index (χ3n) is 3.56. The predicted octanol–water partition coefficient (Wildman–Crippen LogP) is 1.74. The van der Waals surface area contributed by atoms with Crippen LogP contribution in [0.1, 0.15) is 5.56 Å². The zero-order valence-electron chi connectivity index (χ0n) is 12.7. The standard InChI is InChI=1S/C17H11FN2O4S/c1-2-5-20-16(23)12(15(22)19-17(20)25)6-9-8-24-13-4-3-10(18)7-11(13)14(9)21/h2-4,6-8H,1,5H2,(H,19,22,25). The molecule has 126 valence electrons. The number of rotatable bonds is 3. The number of halogens is 1. The first-order valence-corrected chi connectivity index (χ1v) is 7.54. The molecule has 6 nitrogen and oxygen atoms in total. The first-order chi connectivity index (χ1) is 11.9. The Bertz CT molecular complexity index is 1020. The molecule has 0 unspecified atom stereocenters. The van der Waals surface area contributed by atoms with Gasteiger partial charge in [0.1, 0.15) is 23.2 Å². The normalized spacial score (nSPS) is 16.4. The van der Waals surface area contributed by atoms with E-state index in [-0.39, 0.29) is 33.8 Å². The van der Waals surface area contributed by atoms with Crippen LogP contribution in [0.5, 0.6) is 0 Å². The minimum atomic E-state index is -0.728. The van der Waals surface area contributed by atoms with Crippen molar-refractivity contribution in [3.05, 3.63) is 64.3 Å². The lowest BCUT2D eigenvalue weighted by Crippen LogP contribution is -2.53. The van der Waals surface area contributed by atoms with Crippen LogP contribution in [-0.2, 0) is 9.59 Å². The van der Waals surface area contributed by atoms with Crippen molar-refractivity contribution in [3.63, 3.8) is 0 Å². The molecule has 1 fully saturated rings. The molecule has 2 heterocycles. The number of hydrogen-bond acceptors (Lipinski definition) is 5. The Hall–Kier alpha value is -3.13. The summed E-state index contributed by atoms with van der Waals surface area (Å²) in [7, 11) is 0. The number of nitrogens with one attached hydrogen (secondary N) is 1. The van der Waals surface area contributed by atoms with Crippen LogP contribution in [0.15, 0.2) is 51.9 Å². The van der Waals surface area contributed by atoms with Gasteiger partial charge in [-0.05, 0) is 36.5 Å². The van der Waals surface area contributed by atoms with Gasteiger partial charge in [0.25, 0.3) is 11.8 Å². The molecule has 0 atom stereocenters. The quantitative estimate of drug-likeness (QED) is 0.391. The molecule has 0 spiro atoms. The highest BCUT2D eigenvalue weighted by Gasteiger charge is 2.32. The Labute approximate surface area is 146 Å². The van der Waals surface area contributed by atoms with Gasteiger partial charge in [-0.2, -0.15) is 0 Å². The lowest BCUT2D eigenvalue weighted by molar-refractivity contribution is -0.128. The number of amides is 2. The minimum Gasteiger partial charge on any atom is -0.463 e. The molecule has 0 aliphatic carbocycles. The molecule has 0 radical (unpaired) electrons. The van der Waals surface area contributed by atoms with Gasteiger partial charge >= 0.3 is 0 Å². The molecule has 1 aliphatic heterocycles. The number of nitrogens with zero attached hydrogens (tertiary/aromatic N) is 1. The van der Waals surface area contributed by atoms with Gasteiger partial charge in [0.15, 0.2) is 10.5 Å². The largest absolute Gasteiger partial charge is 0.463 e. The maximum absolute atomic E-state index is 13.4. The maximum Gasteiger partial charge on any atom is 0.265 e. The number of thiocarbonyl (C=S) groups is 1. The smallest absolute Gasteiger partial charge is 0.265 e. The molecule has 1 aliphatic rings. The summed E-state index contributed by atoms with van der Waals surface area (Å²) in [5.41, 5.74) is -0.693. The van der Waals surface area contributed by atoms with Crippen LogP contribution in [0.25, 0.3) is 17.0 Å². The molecule has 1 N–H and O–H groups in total. The zero-order chi connectivity index (χ0) is 18.1. The summed E-state index contributed by atoms with van der Waals surface area (Å²) < 4.78 is 18.6. The molecule has 1 aromatic heterocycles. The lowest BCUT2D eigenvalue weighted by atomic mass is 10.1. The number of carbonyl (C=O) groups is 2. The van der Waals surface area contributed by atoms with E-state index in [0.29, 0.717) is 0 Å². The summed E-state index contributed by atoms with van der Waals surface area (Å²) in [6.07, 6.45) is 3.67. The predicted molar refractivity (Wildman–Crippen MR) is 93.1 cm³/mol. The van der Waals surface area contributed by atoms with E-state index in [4.69, 9.17) is 16.6 Å². The zero-order valence-corrected chi connectivity index (χ0v) is 13.6. The van der Waals surface area contributed by atoms with Crippen LogP contribution in [0, 0.1) is 5.82 Å². The van der Waals surface area contributed by atoms with Crippen LogP contribution in [0.3, 0.4) is 0 Å². The van der Waals surface area contributed by atoms with E-state index in [2.05, 4.69) is 11.9 Å². The van der Waals surface area contributed by atoms with Crippen molar-refractivity contribution in [1.29, 1.82) is 0 Å². The molecular weight excluding hydrogens is 347 g/mol. The summed E-state index contributed by atoms with van der Waals surface area (Å²) in [6, 6.07) is 3.52. The van der Waals surface area contributed by atoms with Crippen LogP contribution < -0.4 is 10.7 Å². The molecule has 0 saturated carbocycles. The Morgan fingerprint density at radius 1 is 1.32 bits per heavy atom. The monoisotopic (exact) mass is 358 g/mol. The van der Waals surface area contributed by atoms with E-state index in [1.165, 1.54) is 12.1 Å². The lowest BCUT2D eigenvalue weighted by Gasteiger charge is -2.27. The van der Waals surface area contributed by atoms with E-state index in [1.54, 1.807) is 0 Å². The summed E-state index contributed by atoms with van der Waals surface area (Å²) >= 11 is 4.94. The molecule has 1 saturated heterocycles. The second kappa shape index (κ2) is 6.40. The van der Waals surface area contributed by atoms with Gasteiger partial charge in [-0.25, -0.2) is 4.39 Å².